The second-order valence-corrected chi connectivity index (χ2v) is 6.08. The smallest absolute Gasteiger partial charge is 0.410 e. The van der Waals surface area contributed by atoms with Crippen LogP contribution < -0.4 is 5.32 Å². The Kier molecular flexibility index (Phi) is 4.49. The van der Waals surface area contributed by atoms with E-state index in [1.807, 2.05) is 4.90 Å². The first-order valence-corrected chi connectivity index (χ1v) is 7.29. The van der Waals surface area contributed by atoms with Gasteiger partial charge < -0.3 is 10.1 Å². The summed E-state index contributed by atoms with van der Waals surface area (Å²) < 4.78 is 5.43. The van der Waals surface area contributed by atoms with E-state index in [4.69, 9.17) is 4.74 Å². The zero-order chi connectivity index (χ0) is 13.0. The predicted molar refractivity (Wildman–Crippen MR) is 71.6 cm³/mol. The van der Waals surface area contributed by atoms with E-state index in [1.54, 1.807) is 0 Å². The molecule has 2 aliphatic rings. The van der Waals surface area contributed by atoms with Gasteiger partial charge in [0.05, 0.1) is 12.1 Å². The number of ether oxygens (including phenoxy) is 1. The molecule has 4 heteroatoms. The van der Waals surface area contributed by atoms with Gasteiger partial charge in [-0.3, -0.25) is 4.90 Å². The Morgan fingerprint density at radius 3 is 2.72 bits per heavy atom. The first kappa shape index (κ1) is 13.7. The molecule has 1 aliphatic carbocycles. The summed E-state index contributed by atoms with van der Waals surface area (Å²) in [5, 5.41) is 3.45. The molecule has 104 valence electrons. The molecule has 1 N–H and O–H groups in total. The van der Waals surface area contributed by atoms with Crippen LogP contribution in [0.2, 0.25) is 0 Å². The Balaban J connectivity index is 2.00. The van der Waals surface area contributed by atoms with Gasteiger partial charge in [0.25, 0.3) is 0 Å². The van der Waals surface area contributed by atoms with Crippen molar-refractivity contribution in [2.75, 3.05) is 26.2 Å². The van der Waals surface area contributed by atoms with Crippen LogP contribution in [0.1, 0.15) is 46.0 Å². The molecule has 1 aliphatic heterocycles. The van der Waals surface area contributed by atoms with Crippen LogP contribution in [0.15, 0.2) is 0 Å². The number of nitrogens with one attached hydrogen (secondary N) is 1. The Morgan fingerprint density at radius 2 is 2.06 bits per heavy atom. The van der Waals surface area contributed by atoms with Crippen molar-refractivity contribution < 1.29 is 9.53 Å². The highest BCUT2D eigenvalue weighted by atomic mass is 16.6. The molecule has 0 atom stereocenters. The molecule has 0 radical (unpaired) electrons. The highest BCUT2D eigenvalue weighted by Gasteiger charge is 2.42. The first-order valence-electron chi connectivity index (χ1n) is 7.29. The number of amides is 1. The number of carbonyl (C=O) groups is 1. The maximum absolute atomic E-state index is 12.3. The lowest BCUT2D eigenvalue weighted by Gasteiger charge is -2.49. The van der Waals surface area contributed by atoms with E-state index < -0.39 is 0 Å². The van der Waals surface area contributed by atoms with Gasteiger partial charge in [-0.05, 0) is 18.8 Å². The fraction of sp³-hybridized carbons (Fsp3) is 0.929. The third kappa shape index (κ3) is 2.97. The van der Waals surface area contributed by atoms with Crippen LogP contribution >= 0.6 is 0 Å². The quantitative estimate of drug-likeness (QED) is 0.822. The average molecular weight is 254 g/mol. The molecule has 0 aromatic rings. The van der Waals surface area contributed by atoms with Crippen LogP contribution in [-0.2, 0) is 4.74 Å². The minimum atomic E-state index is -0.105. The third-order valence-corrected chi connectivity index (χ3v) is 4.08. The Bertz CT molecular complexity index is 277. The van der Waals surface area contributed by atoms with Gasteiger partial charge in [-0.25, -0.2) is 4.79 Å². The Morgan fingerprint density at radius 1 is 1.33 bits per heavy atom. The number of carbonyl (C=O) groups excluding carboxylic acids is 1. The van der Waals surface area contributed by atoms with E-state index >= 15 is 0 Å². The van der Waals surface area contributed by atoms with E-state index in [1.165, 1.54) is 19.3 Å². The van der Waals surface area contributed by atoms with Crippen LogP contribution in [0.3, 0.4) is 0 Å². The third-order valence-electron chi connectivity index (χ3n) is 4.08. The maximum atomic E-state index is 12.3. The average Bonchev–Trinajstić information content (AvgIpc) is 2.37. The molecule has 0 bridgehead atoms. The molecule has 1 heterocycles. The van der Waals surface area contributed by atoms with E-state index in [0.29, 0.717) is 12.5 Å². The highest BCUT2D eigenvalue weighted by Crippen LogP contribution is 2.34. The Hall–Kier alpha value is -0.770. The molecule has 0 aromatic heterocycles. The van der Waals surface area contributed by atoms with Gasteiger partial charge in [0.15, 0.2) is 0 Å². The van der Waals surface area contributed by atoms with Gasteiger partial charge >= 0.3 is 6.09 Å². The van der Waals surface area contributed by atoms with Crippen molar-refractivity contribution in [2.45, 2.75) is 51.5 Å². The maximum Gasteiger partial charge on any atom is 0.410 e. The molecule has 1 saturated carbocycles. The summed E-state index contributed by atoms with van der Waals surface area (Å²) in [7, 11) is 0. The Labute approximate surface area is 110 Å². The molecule has 2 rings (SSSR count). The van der Waals surface area contributed by atoms with Gasteiger partial charge in [0.2, 0.25) is 0 Å². The SMILES string of the molecule is CC(C)COC(=O)N1CCNCC12CCCCC2. The van der Waals surface area contributed by atoms with Crippen molar-refractivity contribution >= 4 is 6.09 Å². The molecule has 2 fully saturated rings. The molecule has 1 spiro atoms. The van der Waals surface area contributed by atoms with Gasteiger partial charge in [0, 0.05) is 19.6 Å². The van der Waals surface area contributed by atoms with Gasteiger partial charge in [-0.15, -0.1) is 0 Å². The zero-order valence-electron chi connectivity index (χ0n) is 11.7. The lowest BCUT2D eigenvalue weighted by molar-refractivity contribution is 0.0118. The van der Waals surface area contributed by atoms with E-state index in [0.717, 1.165) is 32.5 Å². The minimum Gasteiger partial charge on any atom is -0.449 e. The van der Waals surface area contributed by atoms with E-state index in [9.17, 15) is 4.79 Å². The largest absolute Gasteiger partial charge is 0.449 e. The summed E-state index contributed by atoms with van der Waals surface area (Å²) in [4.78, 5) is 14.3. The van der Waals surface area contributed by atoms with Crippen molar-refractivity contribution in [1.29, 1.82) is 0 Å². The van der Waals surface area contributed by atoms with Crippen molar-refractivity contribution in [2.24, 2.45) is 5.92 Å². The first-order chi connectivity index (χ1) is 8.64. The second-order valence-electron chi connectivity index (χ2n) is 6.08. The van der Waals surface area contributed by atoms with Crippen molar-refractivity contribution in [3.05, 3.63) is 0 Å². The molecule has 0 aromatic carbocycles. The zero-order valence-corrected chi connectivity index (χ0v) is 11.7. The van der Waals surface area contributed by atoms with Gasteiger partial charge in [0.1, 0.15) is 0 Å². The fourth-order valence-electron chi connectivity index (χ4n) is 3.10. The van der Waals surface area contributed by atoms with Crippen molar-refractivity contribution in [1.82, 2.24) is 10.2 Å². The summed E-state index contributed by atoms with van der Waals surface area (Å²) in [6.07, 6.45) is 5.90. The molecule has 1 saturated heterocycles. The van der Waals surface area contributed by atoms with Crippen molar-refractivity contribution in [3.8, 4) is 0 Å². The number of hydrogen-bond donors (Lipinski definition) is 1. The van der Waals surface area contributed by atoms with E-state index in [2.05, 4.69) is 19.2 Å². The summed E-state index contributed by atoms with van der Waals surface area (Å²) in [6, 6.07) is 0. The minimum absolute atomic E-state index is 0.0323. The summed E-state index contributed by atoms with van der Waals surface area (Å²) in [5.74, 6) is 0.402. The van der Waals surface area contributed by atoms with Crippen LogP contribution in [0.25, 0.3) is 0 Å². The number of piperazine rings is 1. The predicted octanol–water partition coefficient (Wildman–Crippen LogP) is 2.39. The molecule has 18 heavy (non-hydrogen) atoms. The molecular weight excluding hydrogens is 228 g/mol. The topological polar surface area (TPSA) is 41.6 Å². The van der Waals surface area contributed by atoms with Crippen LogP contribution in [0, 0.1) is 5.92 Å². The number of hydrogen-bond acceptors (Lipinski definition) is 3. The second kappa shape index (κ2) is 5.91. The monoisotopic (exact) mass is 254 g/mol. The lowest BCUT2D eigenvalue weighted by Crippen LogP contribution is -2.63. The number of rotatable bonds is 2. The van der Waals surface area contributed by atoms with Crippen LogP contribution in [0.5, 0.6) is 0 Å². The number of nitrogens with zero attached hydrogens (tertiary/aromatic N) is 1. The normalized spacial score (nSPS) is 23.4. The van der Waals surface area contributed by atoms with E-state index in [-0.39, 0.29) is 11.6 Å². The van der Waals surface area contributed by atoms with Gasteiger partial charge in [-0.2, -0.15) is 0 Å². The molecule has 0 unspecified atom stereocenters. The van der Waals surface area contributed by atoms with Crippen molar-refractivity contribution in [3.63, 3.8) is 0 Å². The summed E-state index contributed by atoms with van der Waals surface area (Å²) in [5.41, 5.74) is 0.0323. The summed E-state index contributed by atoms with van der Waals surface area (Å²) >= 11 is 0. The standard InChI is InChI=1S/C14H26N2O2/c1-12(2)10-18-13(17)16-9-8-15-11-14(16)6-4-3-5-7-14/h12,15H,3-11H2,1-2H3. The molecule has 1 amide bonds. The van der Waals surface area contributed by atoms with Crippen LogP contribution in [-0.4, -0.2) is 42.8 Å². The summed E-state index contributed by atoms with van der Waals surface area (Å²) in [6.45, 7) is 7.28. The van der Waals surface area contributed by atoms with Gasteiger partial charge in [-0.1, -0.05) is 33.1 Å². The highest BCUT2D eigenvalue weighted by molar-refractivity contribution is 5.69. The van der Waals surface area contributed by atoms with Crippen LogP contribution in [0.4, 0.5) is 4.79 Å². The fourth-order valence-corrected chi connectivity index (χ4v) is 3.10. The lowest BCUT2D eigenvalue weighted by atomic mass is 9.79. The molecular formula is C14H26N2O2. The molecule has 4 nitrogen and oxygen atoms in total.